The first-order valence-electron chi connectivity index (χ1n) is 7.68. The Morgan fingerprint density at radius 2 is 2.04 bits per heavy atom. The number of ether oxygens (including phenoxy) is 1. The zero-order valence-corrected chi connectivity index (χ0v) is 14.5. The van der Waals surface area contributed by atoms with E-state index in [9.17, 15) is 4.79 Å². The molecule has 0 radical (unpaired) electrons. The van der Waals surface area contributed by atoms with E-state index in [1.165, 1.54) is 4.90 Å². The van der Waals surface area contributed by atoms with Gasteiger partial charge in [0, 0.05) is 6.04 Å². The molecule has 1 aromatic heterocycles. The number of hydrogen-bond donors (Lipinski definition) is 0. The fraction of sp³-hybridized carbons (Fsp3) is 0.412. The number of fused-ring (bicyclic) bond motifs is 1. The highest BCUT2D eigenvalue weighted by Crippen LogP contribution is 2.36. The van der Waals surface area contributed by atoms with Gasteiger partial charge in [-0.25, -0.2) is 14.8 Å². The van der Waals surface area contributed by atoms with Crippen LogP contribution >= 0.6 is 11.6 Å². The Labute approximate surface area is 145 Å². The predicted molar refractivity (Wildman–Crippen MR) is 91.0 cm³/mol. The maximum atomic E-state index is 12.6. The first-order chi connectivity index (χ1) is 11.3. The third-order valence-electron chi connectivity index (χ3n) is 3.46. The van der Waals surface area contributed by atoms with E-state index >= 15 is 0 Å². The van der Waals surface area contributed by atoms with Gasteiger partial charge in [0.05, 0.1) is 22.7 Å². The lowest BCUT2D eigenvalue weighted by Gasteiger charge is -2.27. The van der Waals surface area contributed by atoms with E-state index in [1.807, 2.05) is 20.8 Å². The SMILES string of the molecule is CC(C)(C)OC(=O)N(c1nc2ccc(C#N)cc2nc1Cl)C1CC1. The topological polar surface area (TPSA) is 79.1 Å². The summed E-state index contributed by atoms with van der Waals surface area (Å²) in [4.78, 5) is 22.8. The van der Waals surface area contributed by atoms with Crippen LogP contribution in [0.25, 0.3) is 11.0 Å². The number of nitrogens with zero attached hydrogens (tertiary/aromatic N) is 4. The monoisotopic (exact) mass is 344 g/mol. The minimum Gasteiger partial charge on any atom is -0.443 e. The van der Waals surface area contributed by atoms with Crippen molar-refractivity contribution < 1.29 is 9.53 Å². The Bertz CT molecular complexity index is 850. The number of hydrogen-bond acceptors (Lipinski definition) is 5. The number of benzene rings is 1. The van der Waals surface area contributed by atoms with Crippen LogP contribution in [0.4, 0.5) is 10.6 Å². The summed E-state index contributed by atoms with van der Waals surface area (Å²) in [6, 6.07) is 7.05. The van der Waals surface area contributed by atoms with Gasteiger partial charge in [-0.2, -0.15) is 5.26 Å². The molecule has 1 aliphatic rings. The van der Waals surface area contributed by atoms with Crippen molar-refractivity contribution in [2.45, 2.75) is 45.3 Å². The second-order valence-electron chi connectivity index (χ2n) is 6.73. The molecule has 0 spiro atoms. The number of anilines is 1. The molecule has 2 aromatic rings. The largest absolute Gasteiger partial charge is 0.443 e. The van der Waals surface area contributed by atoms with Crippen molar-refractivity contribution in [3.05, 3.63) is 28.9 Å². The molecular weight excluding hydrogens is 328 g/mol. The molecule has 1 aliphatic carbocycles. The second kappa shape index (κ2) is 5.91. The quantitative estimate of drug-likeness (QED) is 0.820. The molecule has 0 unspecified atom stereocenters. The number of nitriles is 1. The summed E-state index contributed by atoms with van der Waals surface area (Å²) in [5, 5.41) is 9.09. The molecule has 124 valence electrons. The lowest BCUT2D eigenvalue weighted by molar-refractivity contribution is 0.0576. The van der Waals surface area contributed by atoms with E-state index in [0.29, 0.717) is 22.4 Å². The Morgan fingerprint density at radius 3 is 2.62 bits per heavy atom. The molecule has 1 amide bonds. The highest BCUT2D eigenvalue weighted by atomic mass is 35.5. The molecule has 7 heteroatoms. The summed E-state index contributed by atoms with van der Waals surface area (Å²) >= 11 is 6.27. The van der Waals surface area contributed by atoms with Crippen molar-refractivity contribution >= 4 is 34.5 Å². The first kappa shape index (κ1) is 16.5. The molecule has 1 aromatic carbocycles. The van der Waals surface area contributed by atoms with E-state index in [-0.39, 0.29) is 11.2 Å². The molecule has 0 bridgehead atoms. The van der Waals surface area contributed by atoms with Gasteiger partial charge in [0.15, 0.2) is 11.0 Å². The van der Waals surface area contributed by atoms with Crippen LogP contribution in [0.3, 0.4) is 0 Å². The third-order valence-corrected chi connectivity index (χ3v) is 3.72. The average Bonchev–Trinajstić information content (AvgIpc) is 3.30. The fourth-order valence-corrected chi connectivity index (χ4v) is 2.52. The van der Waals surface area contributed by atoms with Gasteiger partial charge in [0.2, 0.25) is 0 Å². The summed E-state index contributed by atoms with van der Waals surface area (Å²) in [5.41, 5.74) is 0.958. The summed E-state index contributed by atoms with van der Waals surface area (Å²) in [5.74, 6) is 0.297. The van der Waals surface area contributed by atoms with Gasteiger partial charge in [-0.3, -0.25) is 4.90 Å². The van der Waals surface area contributed by atoms with Crippen molar-refractivity contribution in [1.82, 2.24) is 9.97 Å². The maximum Gasteiger partial charge on any atom is 0.416 e. The minimum absolute atomic E-state index is 0.0301. The van der Waals surface area contributed by atoms with Gasteiger partial charge in [-0.05, 0) is 51.8 Å². The van der Waals surface area contributed by atoms with E-state index in [1.54, 1.807) is 18.2 Å². The van der Waals surface area contributed by atoms with Crippen LogP contribution in [0, 0.1) is 11.3 Å². The van der Waals surface area contributed by atoms with Crippen LogP contribution in [0.5, 0.6) is 0 Å². The highest BCUT2D eigenvalue weighted by molar-refractivity contribution is 6.32. The molecule has 24 heavy (non-hydrogen) atoms. The van der Waals surface area contributed by atoms with Crippen LogP contribution in [0.15, 0.2) is 18.2 Å². The smallest absolute Gasteiger partial charge is 0.416 e. The summed E-state index contributed by atoms with van der Waals surface area (Å²) in [7, 11) is 0. The van der Waals surface area contributed by atoms with Crippen molar-refractivity contribution in [1.29, 1.82) is 5.26 Å². The Hall–Kier alpha value is -2.39. The number of halogens is 1. The van der Waals surface area contributed by atoms with Crippen molar-refractivity contribution in [2.24, 2.45) is 0 Å². The number of carbonyl (C=O) groups is 1. The fourth-order valence-electron chi connectivity index (χ4n) is 2.30. The number of rotatable bonds is 2. The zero-order valence-electron chi connectivity index (χ0n) is 13.7. The molecule has 0 aliphatic heterocycles. The molecule has 1 heterocycles. The average molecular weight is 345 g/mol. The second-order valence-corrected chi connectivity index (χ2v) is 7.09. The predicted octanol–water partition coefficient (Wildman–Crippen LogP) is 4.06. The van der Waals surface area contributed by atoms with Crippen LogP contribution in [-0.4, -0.2) is 27.7 Å². The van der Waals surface area contributed by atoms with Gasteiger partial charge in [-0.1, -0.05) is 11.6 Å². The number of carbonyl (C=O) groups excluding carboxylic acids is 1. The number of amides is 1. The van der Waals surface area contributed by atoms with Gasteiger partial charge in [-0.15, -0.1) is 0 Å². The Kier molecular flexibility index (Phi) is 4.06. The summed E-state index contributed by atoms with van der Waals surface area (Å²) < 4.78 is 5.48. The maximum absolute atomic E-state index is 12.6. The van der Waals surface area contributed by atoms with Crippen molar-refractivity contribution in [3.63, 3.8) is 0 Å². The van der Waals surface area contributed by atoms with Gasteiger partial charge < -0.3 is 4.74 Å². The zero-order chi connectivity index (χ0) is 17.5. The van der Waals surface area contributed by atoms with E-state index in [0.717, 1.165) is 12.8 Å². The summed E-state index contributed by atoms with van der Waals surface area (Å²) in [6.07, 6.45) is 1.28. The van der Waals surface area contributed by atoms with Crippen LogP contribution in [0.2, 0.25) is 5.15 Å². The molecule has 0 saturated heterocycles. The highest BCUT2D eigenvalue weighted by Gasteiger charge is 2.38. The van der Waals surface area contributed by atoms with Crippen LogP contribution in [0.1, 0.15) is 39.2 Å². The van der Waals surface area contributed by atoms with E-state index < -0.39 is 11.7 Å². The Morgan fingerprint density at radius 1 is 1.33 bits per heavy atom. The first-order valence-corrected chi connectivity index (χ1v) is 8.06. The van der Waals surface area contributed by atoms with Gasteiger partial charge in [0.25, 0.3) is 0 Å². The minimum atomic E-state index is -0.608. The standard InChI is InChI=1S/C17H17ClN4O2/c1-17(2,3)24-16(23)22(11-5-6-11)15-14(18)20-13-8-10(9-19)4-7-12(13)21-15/h4,7-8,11H,5-6H2,1-3H3. The van der Waals surface area contributed by atoms with Crippen LogP contribution < -0.4 is 4.90 Å². The van der Waals surface area contributed by atoms with Crippen molar-refractivity contribution in [3.8, 4) is 6.07 Å². The normalized spacial score (nSPS) is 14.3. The van der Waals surface area contributed by atoms with Crippen molar-refractivity contribution in [2.75, 3.05) is 4.90 Å². The number of aromatic nitrogens is 2. The van der Waals surface area contributed by atoms with Gasteiger partial charge >= 0.3 is 6.09 Å². The Balaban J connectivity index is 2.03. The van der Waals surface area contributed by atoms with E-state index in [4.69, 9.17) is 21.6 Å². The van der Waals surface area contributed by atoms with E-state index in [2.05, 4.69) is 16.0 Å². The molecule has 0 atom stereocenters. The molecule has 1 saturated carbocycles. The molecule has 1 fully saturated rings. The lowest BCUT2D eigenvalue weighted by Crippen LogP contribution is -2.39. The molecule has 0 N–H and O–H groups in total. The summed E-state index contributed by atoms with van der Waals surface area (Å²) in [6.45, 7) is 5.44. The molecular formula is C17H17ClN4O2. The molecule has 6 nitrogen and oxygen atoms in total. The molecule has 3 rings (SSSR count). The lowest BCUT2D eigenvalue weighted by atomic mass is 10.2. The van der Waals surface area contributed by atoms with Gasteiger partial charge in [0.1, 0.15) is 5.60 Å². The van der Waals surface area contributed by atoms with Crippen LogP contribution in [-0.2, 0) is 4.74 Å². The third kappa shape index (κ3) is 3.41.